The van der Waals surface area contributed by atoms with Crippen LogP contribution < -0.4 is 4.90 Å². The molecule has 8 heteroatoms. The van der Waals surface area contributed by atoms with E-state index in [-0.39, 0.29) is 6.54 Å². The summed E-state index contributed by atoms with van der Waals surface area (Å²) >= 11 is 0. The van der Waals surface area contributed by atoms with E-state index >= 15 is 0 Å². The lowest BCUT2D eigenvalue weighted by molar-refractivity contribution is 0.122. The van der Waals surface area contributed by atoms with Crippen LogP contribution in [0.25, 0.3) is 6.08 Å². The third kappa shape index (κ3) is 4.02. The molecular weight excluding hydrogens is 364 g/mol. The zero-order chi connectivity index (χ0) is 18.9. The zero-order valence-electron chi connectivity index (χ0n) is 15.2. The summed E-state index contributed by atoms with van der Waals surface area (Å²) in [5.41, 5.74) is 3.63. The Morgan fingerprint density at radius 3 is 2.59 bits per heavy atom. The molecule has 0 bridgehead atoms. The first kappa shape index (κ1) is 18.1. The number of morpholine rings is 1. The van der Waals surface area contributed by atoms with Gasteiger partial charge in [0.2, 0.25) is 16.0 Å². The van der Waals surface area contributed by atoms with Crippen LogP contribution in [0.3, 0.4) is 0 Å². The van der Waals surface area contributed by atoms with Gasteiger partial charge >= 0.3 is 0 Å². The first-order valence-electron chi connectivity index (χ1n) is 8.94. The Bertz CT molecular complexity index is 951. The predicted molar refractivity (Wildman–Crippen MR) is 103 cm³/mol. The number of sulfonamides is 1. The molecule has 7 nitrogen and oxygen atoms in total. The first-order chi connectivity index (χ1) is 13.0. The van der Waals surface area contributed by atoms with Crippen LogP contribution in [0.4, 0.5) is 5.95 Å². The third-order valence-corrected chi connectivity index (χ3v) is 6.24. The maximum Gasteiger partial charge on any atom is 0.236 e. The molecule has 3 heterocycles. The average Bonchev–Trinajstić information content (AvgIpc) is 3.13. The van der Waals surface area contributed by atoms with Gasteiger partial charge in [0.05, 0.1) is 25.5 Å². The van der Waals surface area contributed by atoms with Gasteiger partial charge in [0.1, 0.15) is 0 Å². The molecule has 2 aliphatic rings. The standard InChI is InChI=1S/C19H22N4O3S/c1-15-2-4-16(5-3-15)6-11-27(24,25)23-13-17-12-20-19(21-18(17)14-23)22-7-9-26-10-8-22/h2-6,11-12H,7-10,13-14H2,1H3. The van der Waals surface area contributed by atoms with Crippen molar-refractivity contribution in [1.29, 1.82) is 0 Å². The molecule has 27 heavy (non-hydrogen) atoms. The molecule has 2 aliphatic heterocycles. The fourth-order valence-corrected chi connectivity index (χ4v) is 4.26. The summed E-state index contributed by atoms with van der Waals surface area (Å²) in [7, 11) is -3.52. The van der Waals surface area contributed by atoms with Crippen molar-refractivity contribution in [2.45, 2.75) is 20.0 Å². The maximum absolute atomic E-state index is 12.7. The van der Waals surface area contributed by atoms with Crippen LogP contribution in [0.5, 0.6) is 0 Å². The number of aryl methyl sites for hydroxylation is 1. The molecule has 142 valence electrons. The van der Waals surface area contributed by atoms with Crippen molar-refractivity contribution >= 4 is 22.0 Å². The molecule has 0 aliphatic carbocycles. The van der Waals surface area contributed by atoms with Gasteiger partial charge in [-0.15, -0.1) is 0 Å². The Labute approximate surface area is 159 Å². The Morgan fingerprint density at radius 1 is 1.11 bits per heavy atom. The predicted octanol–water partition coefficient (Wildman–Crippen LogP) is 1.94. The number of nitrogens with zero attached hydrogens (tertiary/aromatic N) is 4. The number of fused-ring (bicyclic) bond motifs is 1. The summed E-state index contributed by atoms with van der Waals surface area (Å²) in [5, 5.41) is 1.26. The molecule has 0 amide bonds. The molecule has 0 spiro atoms. The Kier molecular flexibility index (Phi) is 4.94. The van der Waals surface area contributed by atoms with Crippen molar-refractivity contribution in [3.05, 3.63) is 58.3 Å². The minimum atomic E-state index is -3.52. The highest BCUT2D eigenvalue weighted by atomic mass is 32.2. The monoisotopic (exact) mass is 386 g/mol. The smallest absolute Gasteiger partial charge is 0.236 e. The van der Waals surface area contributed by atoms with Crippen LogP contribution in [0.2, 0.25) is 0 Å². The second-order valence-corrected chi connectivity index (χ2v) is 8.59. The molecule has 0 atom stereocenters. The topological polar surface area (TPSA) is 75.6 Å². The summed E-state index contributed by atoms with van der Waals surface area (Å²) in [6, 6.07) is 7.72. The van der Waals surface area contributed by atoms with Crippen LogP contribution in [0.15, 0.2) is 35.9 Å². The molecule has 1 fully saturated rings. The number of hydrogen-bond acceptors (Lipinski definition) is 6. The van der Waals surface area contributed by atoms with Crippen LogP contribution in [0.1, 0.15) is 22.4 Å². The van der Waals surface area contributed by atoms with Crippen LogP contribution in [-0.4, -0.2) is 49.0 Å². The van der Waals surface area contributed by atoms with E-state index in [2.05, 4.69) is 14.9 Å². The van der Waals surface area contributed by atoms with Crippen LogP contribution in [0, 0.1) is 6.92 Å². The van der Waals surface area contributed by atoms with E-state index in [0.717, 1.165) is 35.5 Å². The summed E-state index contributed by atoms with van der Waals surface area (Å²) in [6.07, 6.45) is 3.37. The van der Waals surface area contributed by atoms with Crippen LogP contribution >= 0.6 is 0 Å². The zero-order valence-corrected chi connectivity index (χ0v) is 16.0. The first-order valence-corrected chi connectivity index (χ1v) is 10.4. The van der Waals surface area contributed by atoms with Crippen molar-refractivity contribution in [1.82, 2.24) is 14.3 Å². The fraction of sp³-hybridized carbons (Fsp3) is 0.368. The van der Waals surface area contributed by atoms with Gasteiger partial charge < -0.3 is 9.64 Å². The average molecular weight is 386 g/mol. The normalized spacial score (nSPS) is 18.2. The number of hydrogen-bond donors (Lipinski definition) is 0. The summed E-state index contributed by atoms with van der Waals surface area (Å²) < 4.78 is 32.2. The van der Waals surface area contributed by atoms with Gasteiger partial charge in [0.15, 0.2) is 0 Å². The molecule has 1 aromatic heterocycles. The van der Waals surface area contributed by atoms with Gasteiger partial charge in [-0.1, -0.05) is 29.8 Å². The van der Waals surface area contributed by atoms with Crippen molar-refractivity contribution in [3.8, 4) is 0 Å². The summed E-state index contributed by atoms with van der Waals surface area (Å²) in [6.45, 7) is 5.39. The molecule has 1 saturated heterocycles. The van der Waals surface area contributed by atoms with E-state index in [1.807, 2.05) is 31.2 Å². The Hall–Kier alpha value is -2.29. The van der Waals surface area contributed by atoms with Gasteiger partial charge in [0.25, 0.3) is 0 Å². The third-order valence-electron chi connectivity index (χ3n) is 4.78. The molecule has 0 unspecified atom stereocenters. The number of aromatic nitrogens is 2. The highest BCUT2D eigenvalue weighted by Crippen LogP contribution is 2.26. The minimum absolute atomic E-state index is 0.274. The largest absolute Gasteiger partial charge is 0.378 e. The molecule has 2 aromatic rings. The van der Waals surface area contributed by atoms with Gasteiger partial charge in [-0.05, 0) is 18.6 Å². The molecule has 0 N–H and O–H groups in total. The van der Waals surface area contributed by atoms with Gasteiger partial charge in [0, 0.05) is 36.8 Å². The van der Waals surface area contributed by atoms with Crippen molar-refractivity contribution < 1.29 is 13.2 Å². The fourth-order valence-electron chi connectivity index (χ4n) is 3.14. The number of rotatable bonds is 4. The molecule has 4 rings (SSSR count). The quantitative estimate of drug-likeness (QED) is 0.799. The number of ether oxygens (including phenoxy) is 1. The van der Waals surface area contributed by atoms with Crippen LogP contribution in [-0.2, 0) is 27.8 Å². The molecule has 0 radical (unpaired) electrons. The SMILES string of the molecule is Cc1ccc(C=CS(=O)(=O)N2Cc3cnc(N4CCOCC4)nc3C2)cc1. The molecular formula is C19H22N4O3S. The van der Waals surface area contributed by atoms with E-state index in [4.69, 9.17) is 4.74 Å². The lowest BCUT2D eigenvalue weighted by Crippen LogP contribution is -2.37. The highest BCUT2D eigenvalue weighted by Gasteiger charge is 2.29. The van der Waals surface area contributed by atoms with Gasteiger partial charge in [-0.25, -0.2) is 18.4 Å². The lowest BCUT2D eigenvalue weighted by atomic mass is 10.2. The summed E-state index contributed by atoms with van der Waals surface area (Å²) in [5.74, 6) is 0.645. The number of benzene rings is 1. The van der Waals surface area contributed by atoms with Crippen molar-refractivity contribution in [2.75, 3.05) is 31.2 Å². The van der Waals surface area contributed by atoms with E-state index in [9.17, 15) is 8.42 Å². The van der Waals surface area contributed by atoms with E-state index < -0.39 is 10.0 Å². The van der Waals surface area contributed by atoms with Gasteiger partial charge in [-0.2, -0.15) is 4.31 Å². The summed E-state index contributed by atoms with van der Waals surface area (Å²) in [4.78, 5) is 11.1. The van der Waals surface area contributed by atoms with Gasteiger partial charge in [-0.3, -0.25) is 0 Å². The van der Waals surface area contributed by atoms with E-state index in [0.29, 0.717) is 25.7 Å². The minimum Gasteiger partial charge on any atom is -0.378 e. The highest BCUT2D eigenvalue weighted by molar-refractivity contribution is 7.92. The Balaban J connectivity index is 1.48. The second kappa shape index (κ2) is 7.38. The number of anilines is 1. The van der Waals surface area contributed by atoms with Crippen molar-refractivity contribution in [3.63, 3.8) is 0 Å². The lowest BCUT2D eigenvalue weighted by Gasteiger charge is -2.26. The maximum atomic E-state index is 12.7. The van der Waals surface area contributed by atoms with E-state index in [1.54, 1.807) is 12.3 Å². The Morgan fingerprint density at radius 2 is 1.85 bits per heavy atom. The van der Waals surface area contributed by atoms with E-state index in [1.165, 1.54) is 9.71 Å². The van der Waals surface area contributed by atoms with Crippen molar-refractivity contribution in [2.24, 2.45) is 0 Å². The second-order valence-electron chi connectivity index (χ2n) is 6.77. The molecule has 0 saturated carbocycles. The molecule has 1 aromatic carbocycles.